The van der Waals surface area contributed by atoms with E-state index in [-0.39, 0.29) is 17.9 Å². The van der Waals surface area contributed by atoms with Crippen molar-refractivity contribution in [3.63, 3.8) is 0 Å². The van der Waals surface area contributed by atoms with Gasteiger partial charge in [0.2, 0.25) is 5.91 Å². The van der Waals surface area contributed by atoms with E-state index in [0.717, 1.165) is 6.42 Å². The average molecular weight is 271 g/mol. The molecule has 0 aromatic carbocycles. The second-order valence-corrected chi connectivity index (χ2v) is 6.19. The minimum absolute atomic E-state index is 0.0351. The van der Waals surface area contributed by atoms with Crippen molar-refractivity contribution < 1.29 is 14.7 Å². The third kappa shape index (κ3) is 4.80. The van der Waals surface area contributed by atoms with Crippen molar-refractivity contribution in [2.24, 2.45) is 11.1 Å². The van der Waals surface area contributed by atoms with Crippen LogP contribution >= 0.6 is 0 Å². The molecule has 1 heterocycles. The van der Waals surface area contributed by atoms with Crippen molar-refractivity contribution in [2.75, 3.05) is 32.7 Å². The van der Waals surface area contributed by atoms with Gasteiger partial charge in [0.05, 0.1) is 12.6 Å². The van der Waals surface area contributed by atoms with E-state index in [9.17, 15) is 9.59 Å². The van der Waals surface area contributed by atoms with E-state index in [1.807, 2.05) is 25.7 Å². The number of nitrogens with zero attached hydrogens (tertiary/aromatic N) is 2. The van der Waals surface area contributed by atoms with Crippen LogP contribution in [-0.4, -0.2) is 65.5 Å². The number of carbonyl (C=O) groups excluding carboxylic acids is 1. The van der Waals surface area contributed by atoms with Gasteiger partial charge in [-0.3, -0.25) is 14.5 Å². The molecule has 0 radical (unpaired) electrons. The van der Waals surface area contributed by atoms with Gasteiger partial charge in [0.1, 0.15) is 0 Å². The van der Waals surface area contributed by atoms with E-state index in [1.54, 1.807) is 4.90 Å². The van der Waals surface area contributed by atoms with Gasteiger partial charge < -0.3 is 15.7 Å². The van der Waals surface area contributed by atoms with Crippen LogP contribution in [0.15, 0.2) is 0 Å². The zero-order chi connectivity index (χ0) is 14.6. The molecule has 0 spiro atoms. The number of carbonyl (C=O) groups is 2. The van der Waals surface area contributed by atoms with Crippen molar-refractivity contribution in [2.45, 2.75) is 33.2 Å². The molecule has 6 nitrogen and oxygen atoms in total. The van der Waals surface area contributed by atoms with E-state index in [4.69, 9.17) is 10.8 Å². The highest BCUT2D eigenvalue weighted by atomic mass is 16.4. The monoisotopic (exact) mass is 271 g/mol. The van der Waals surface area contributed by atoms with E-state index in [1.165, 1.54) is 0 Å². The lowest BCUT2D eigenvalue weighted by molar-refractivity contribution is -0.138. The Labute approximate surface area is 114 Å². The molecule has 6 heteroatoms. The predicted octanol–water partition coefficient (Wildman–Crippen LogP) is -0.0213. The van der Waals surface area contributed by atoms with Crippen LogP contribution in [0, 0.1) is 5.41 Å². The summed E-state index contributed by atoms with van der Waals surface area (Å²) < 4.78 is 0. The third-order valence-corrected chi connectivity index (χ3v) is 3.46. The van der Waals surface area contributed by atoms with E-state index in [2.05, 4.69) is 0 Å². The van der Waals surface area contributed by atoms with Crippen LogP contribution in [0.25, 0.3) is 0 Å². The molecule has 19 heavy (non-hydrogen) atoms. The molecule has 1 aliphatic rings. The zero-order valence-corrected chi connectivity index (χ0v) is 12.1. The second-order valence-electron chi connectivity index (χ2n) is 6.19. The van der Waals surface area contributed by atoms with Crippen LogP contribution in [-0.2, 0) is 9.59 Å². The summed E-state index contributed by atoms with van der Waals surface area (Å²) in [5.74, 6) is -0.865. The summed E-state index contributed by atoms with van der Waals surface area (Å²) in [4.78, 5) is 26.6. The Morgan fingerprint density at radius 3 is 2.37 bits per heavy atom. The molecule has 110 valence electrons. The largest absolute Gasteiger partial charge is 0.480 e. The minimum Gasteiger partial charge on any atom is -0.480 e. The van der Waals surface area contributed by atoms with Crippen molar-refractivity contribution in [1.29, 1.82) is 0 Å². The summed E-state index contributed by atoms with van der Waals surface area (Å²) >= 11 is 0. The number of amides is 1. The molecule has 1 fully saturated rings. The van der Waals surface area contributed by atoms with Gasteiger partial charge in [-0.1, -0.05) is 20.8 Å². The van der Waals surface area contributed by atoms with Gasteiger partial charge in [0, 0.05) is 26.2 Å². The number of carboxylic acid groups (broad SMARTS) is 1. The maximum Gasteiger partial charge on any atom is 0.317 e. The molecule has 1 atom stereocenters. The topological polar surface area (TPSA) is 86.9 Å². The molecular weight excluding hydrogens is 246 g/mol. The second kappa shape index (κ2) is 6.34. The molecule has 0 unspecified atom stereocenters. The maximum atomic E-state index is 12.3. The summed E-state index contributed by atoms with van der Waals surface area (Å²) in [6.45, 7) is 8.38. The molecule has 0 aliphatic carbocycles. The van der Waals surface area contributed by atoms with Gasteiger partial charge in [-0.05, 0) is 11.8 Å². The van der Waals surface area contributed by atoms with E-state index in [0.29, 0.717) is 26.2 Å². The van der Waals surface area contributed by atoms with Crippen molar-refractivity contribution in [3.8, 4) is 0 Å². The van der Waals surface area contributed by atoms with E-state index >= 15 is 0 Å². The van der Waals surface area contributed by atoms with Crippen molar-refractivity contribution in [3.05, 3.63) is 0 Å². The maximum absolute atomic E-state index is 12.3. The van der Waals surface area contributed by atoms with Gasteiger partial charge in [0.25, 0.3) is 0 Å². The molecule has 1 rings (SSSR count). The first-order chi connectivity index (χ1) is 8.71. The molecular formula is C13H25N3O3. The fraction of sp³-hybridized carbons (Fsp3) is 0.846. The van der Waals surface area contributed by atoms with Crippen LogP contribution in [0.2, 0.25) is 0 Å². The van der Waals surface area contributed by atoms with Crippen LogP contribution in [0.4, 0.5) is 0 Å². The van der Waals surface area contributed by atoms with Crippen LogP contribution in [0.1, 0.15) is 27.2 Å². The summed E-state index contributed by atoms with van der Waals surface area (Å²) in [5.41, 5.74) is 5.73. The van der Waals surface area contributed by atoms with Gasteiger partial charge in [-0.2, -0.15) is 0 Å². The Bertz CT molecular complexity index is 339. The molecule has 1 amide bonds. The van der Waals surface area contributed by atoms with Gasteiger partial charge in [-0.15, -0.1) is 0 Å². The number of rotatable bonds is 3. The van der Waals surface area contributed by atoms with Crippen molar-refractivity contribution >= 4 is 11.9 Å². The number of carboxylic acids is 1. The molecule has 0 aromatic heterocycles. The number of hydrogen-bond donors (Lipinski definition) is 2. The quantitative estimate of drug-likeness (QED) is 0.753. The van der Waals surface area contributed by atoms with Crippen LogP contribution < -0.4 is 5.73 Å². The first-order valence-electron chi connectivity index (χ1n) is 6.70. The highest BCUT2D eigenvalue weighted by molar-refractivity contribution is 5.82. The fourth-order valence-corrected chi connectivity index (χ4v) is 2.11. The third-order valence-electron chi connectivity index (χ3n) is 3.46. The Kier molecular flexibility index (Phi) is 5.31. The fourth-order valence-electron chi connectivity index (χ4n) is 2.11. The van der Waals surface area contributed by atoms with Crippen LogP contribution in [0.3, 0.4) is 0 Å². The lowest BCUT2D eigenvalue weighted by Gasteiger charge is -2.31. The predicted molar refractivity (Wildman–Crippen MR) is 72.7 cm³/mol. The lowest BCUT2D eigenvalue weighted by Crippen LogP contribution is -2.51. The number of aliphatic carboxylic acids is 1. The lowest BCUT2D eigenvalue weighted by atomic mass is 9.86. The molecule has 0 saturated carbocycles. The Balaban J connectivity index is 2.57. The molecule has 0 bridgehead atoms. The number of nitrogens with two attached hydrogens (primary N) is 1. The van der Waals surface area contributed by atoms with Crippen molar-refractivity contribution in [1.82, 2.24) is 9.80 Å². The Hall–Kier alpha value is -1.14. The smallest absolute Gasteiger partial charge is 0.317 e. The van der Waals surface area contributed by atoms with E-state index < -0.39 is 12.0 Å². The highest BCUT2D eigenvalue weighted by Gasteiger charge is 2.31. The zero-order valence-electron chi connectivity index (χ0n) is 12.1. The van der Waals surface area contributed by atoms with Gasteiger partial charge in [0.15, 0.2) is 0 Å². The van der Waals surface area contributed by atoms with Gasteiger partial charge >= 0.3 is 5.97 Å². The first kappa shape index (κ1) is 15.9. The SMILES string of the molecule is CC(C)(C)[C@@H](N)C(=O)N1CCCN(CC(=O)O)CC1. The van der Waals surface area contributed by atoms with Gasteiger partial charge in [-0.25, -0.2) is 0 Å². The standard InChI is InChI=1S/C13H25N3O3/c1-13(2,3)11(14)12(19)16-6-4-5-15(7-8-16)9-10(17)18/h11H,4-9,14H2,1-3H3,(H,17,18)/t11-/m0/s1. The summed E-state index contributed by atoms with van der Waals surface area (Å²) in [5, 5.41) is 8.79. The number of hydrogen-bond acceptors (Lipinski definition) is 4. The molecule has 1 saturated heterocycles. The molecule has 0 aromatic rings. The summed E-state index contributed by atoms with van der Waals surface area (Å²) in [6.07, 6.45) is 0.788. The summed E-state index contributed by atoms with van der Waals surface area (Å²) in [6, 6.07) is -0.515. The Morgan fingerprint density at radius 2 is 1.84 bits per heavy atom. The molecule has 1 aliphatic heterocycles. The van der Waals surface area contributed by atoms with Crippen LogP contribution in [0.5, 0.6) is 0 Å². The summed E-state index contributed by atoms with van der Waals surface area (Å²) in [7, 11) is 0. The molecule has 3 N–H and O–H groups in total. The highest BCUT2D eigenvalue weighted by Crippen LogP contribution is 2.19. The minimum atomic E-state index is -0.828. The first-order valence-corrected chi connectivity index (χ1v) is 6.70. The Morgan fingerprint density at radius 1 is 1.21 bits per heavy atom. The average Bonchev–Trinajstić information content (AvgIpc) is 2.50. The normalized spacial score (nSPS) is 19.9.